The van der Waals surface area contributed by atoms with Crippen molar-refractivity contribution in [3.63, 3.8) is 0 Å². The molecule has 104 valence electrons. The van der Waals surface area contributed by atoms with E-state index in [1.165, 1.54) is 0 Å². The fraction of sp³-hybridized carbons (Fsp3) is 0.500. The van der Waals surface area contributed by atoms with Gasteiger partial charge < -0.3 is 15.3 Å². The molecule has 1 unspecified atom stereocenters. The van der Waals surface area contributed by atoms with Gasteiger partial charge >= 0.3 is 0 Å². The van der Waals surface area contributed by atoms with E-state index in [1.54, 1.807) is 6.07 Å². The van der Waals surface area contributed by atoms with Gasteiger partial charge in [-0.2, -0.15) is 0 Å². The molecule has 0 saturated carbocycles. The lowest BCUT2D eigenvalue weighted by atomic mass is 10.2. The highest BCUT2D eigenvalue weighted by Gasteiger charge is 2.21. The van der Waals surface area contributed by atoms with Crippen molar-refractivity contribution in [1.82, 2.24) is 10.2 Å². The molecule has 5 heteroatoms. The number of hydrogen-bond acceptors (Lipinski definition) is 3. The second kappa shape index (κ2) is 6.26. The summed E-state index contributed by atoms with van der Waals surface area (Å²) in [6.45, 7) is 4.14. The number of nitrogens with one attached hydrogen (secondary N) is 1. The molecule has 1 atom stereocenters. The zero-order valence-electron chi connectivity index (χ0n) is 11.0. The average molecular weight is 283 g/mol. The van der Waals surface area contributed by atoms with Crippen LogP contribution >= 0.6 is 11.6 Å². The molecule has 4 nitrogen and oxygen atoms in total. The molecule has 1 heterocycles. The molecule has 2 N–H and O–H groups in total. The van der Waals surface area contributed by atoms with E-state index in [2.05, 4.69) is 5.32 Å². The van der Waals surface area contributed by atoms with Crippen molar-refractivity contribution in [3.8, 4) is 5.75 Å². The molecule has 0 radical (unpaired) electrons. The lowest BCUT2D eigenvalue weighted by Crippen LogP contribution is -2.39. The lowest BCUT2D eigenvalue weighted by molar-refractivity contribution is -0.127. The largest absolute Gasteiger partial charge is 0.506 e. The van der Waals surface area contributed by atoms with Gasteiger partial charge in [-0.05, 0) is 19.4 Å². The van der Waals surface area contributed by atoms with Gasteiger partial charge in [0.1, 0.15) is 5.75 Å². The Hall–Kier alpha value is -1.26. The fourth-order valence-corrected chi connectivity index (χ4v) is 2.47. The number of benzene rings is 1. The van der Waals surface area contributed by atoms with Crippen molar-refractivity contribution >= 4 is 17.5 Å². The van der Waals surface area contributed by atoms with Crippen LogP contribution in [-0.2, 0) is 11.3 Å². The Kier molecular flexibility index (Phi) is 4.66. The van der Waals surface area contributed by atoms with Crippen molar-refractivity contribution in [2.24, 2.45) is 0 Å². The normalized spacial score (nSPS) is 16.9. The van der Waals surface area contributed by atoms with Crippen LogP contribution in [-0.4, -0.2) is 35.0 Å². The Balaban J connectivity index is 1.84. The van der Waals surface area contributed by atoms with Crippen LogP contribution in [0.4, 0.5) is 0 Å². The molecule has 19 heavy (non-hydrogen) atoms. The van der Waals surface area contributed by atoms with Crippen LogP contribution in [0.1, 0.15) is 25.3 Å². The van der Waals surface area contributed by atoms with Gasteiger partial charge in [0.05, 0.1) is 5.02 Å². The summed E-state index contributed by atoms with van der Waals surface area (Å²) in [5.41, 5.74) is 0.770. The van der Waals surface area contributed by atoms with Gasteiger partial charge in [0, 0.05) is 37.7 Å². The number of amides is 1. The SMILES string of the molecule is CC(CN1CCCC1=O)NCc1cccc(Cl)c1O. The van der Waals surface area contributed by atoms with E-state index < -0.39 is 0 Å². The molecule has 0 aromatic heterocycles. The minimum atomic E-state index is 0.126. The summed E-state index contributed by atoms with van der Waals surface area (Å²) in [5, 5.41) is 13.5. The molecule has 0 aliphatic carbocycles. The highest BCUT2D eigenvalue weighted by Crippen LogP contribution is 2.26. The molecular formula is C14H19ClN2O2. The van der Waals surface area contributed by atoms with Crippen LogP contribution in [0.25, 0.3) is 0 Å². The number of nitrogens with zero attached hydrogens (tertiary/aromatic N) is 1. The highest BCUT2D eigenvalue weighted by atomic mass is 35.5. The Bertz CT molecular complexity index is 465. The topological polar surface area (TPSA) is 52.6 Å². The van der Waals surface area contributed by atoms with Crippen molar-refractivity contribution in [1.29, 1.82) is 0 Å². The number of phenols is 1. The Morgan fingerprint density at radius 2 is 2.32 bits per heavy atom. The first-order valence-electron chi connectivity index (χ1n) is 6.55. The highest BCUT2D eigenvalue weighted by molar-refractivity contribution is 6.32. The van der Waals surface area contributed by atoms with Gasteiger partial charge in [-0.15, -0.1) is 0 Å². The second-order valence-electron chi connectivity index (χ2n) is 4.97. The van der Waals surface area contributed by atoms with E-state index in [-0.39, 0.29) is 17.7 Å². The number of hydrogen-bond donors (Lipinski definition) is 2. The van der Waals surface area contributed by atoms with Crippen LogP contribution in [0.15, 0.2) is 18.2 Å². The number of aromatic hydroxyl groups is 1. The maximum Gasteiger partial charge on any atom is 0.222 e. The van der Waals surface area contributed by atoms with Crippen LogP contribution in [0.5, 0.6) is 5.75 Å². The van der Waals surface area contributed by atoms with E-state index in [0.29, 0.717) is 24.5 Å². The van der Waals surface area contributed by atoms with Crippen molar-refractivity contribution in [2.75, 3.05) is 13.1 Å². The third-order valence-electron chi connectivity index (χ3n) is 3.38. The number of para-hydroxylation sites is 1. The quantitative estimate of drug-likeness (QED) is 0.870. The first-order chi connectivity index (χ1) is 9.08. The van der Waals surface area contributed by atoms with Crippen molar-refractivity contribution in [3.05, 3.63) is 28.8 Å². The Labute approximate surface area is 118 Å². The molecule has 1 aromatic rings. The summed E-state index contributed by atoms with van der Waals surface area (Å²) in [5.74, 6) is 0.361. The van der Waals surface area contributed by atoms with Gasteiger partial charge in [-0.1, -0.05) is 23.7 Å². The number of phenolic OH excluding ortho intramolecular Hbond substituents is 1. The van der Waals surface area contributed by atoms with Gasteiger partial charge in [0.25, 0.3) is 0 Å². The second-order valence-corrected chi connectivity index (χ2v) is 5.38. The molecule has 1 saturated heterocycles. The number of rotatable bonds is 5. The van der Waals surface area contributed by atoms with Crippen LogP contribution in [0.2, 0.25) is 5.02 Å². The summed E-state index contributed by atoms with van der Waals surface area (Å²) in [6, 6.07) is 5.49. The predicted molar refractivity (Wildman–Crippen MR) is 75.2 cm³/mol. The summed E-state index contributed by atoms with van der Waals surface area (Å²) in [7, 11) is 0. The maximum atomic E-state index is 11.5. The molecule has 0 spiro atoms. The maximum absolute atomic E-state index is 11.5. The van der Waals surface area contributed by atoms with E-state index in [9.17, 15) is 9.90 Å². The van der Waals surface area contributed by atoms with E-state index in [1.807, 2.05) is 24.0 Å². The Morgan fingerprint density at radius 1 is 1.53 bits per heavy atom. The smallest absolute Gasteiger partial charge is 0.222 e. The average Bonchev–Trinajstić information content (AvgIpc) is 2.77. The summed E-state index contributed by atoms with van der Waals surface area (Å²) >= 11 is 5.86. The van der Waals surface area contributed by atoms with Gasteiger partial charge in [0.2, 0.25) is 5.91 Å². The number of likely N-dealkylation sites (tertiary alicyclic amines) is 1. The van der Waals surface area contributed by atoms with Crippen LogP contribution in [0, 0.1) is 0 Å². The molecule has 1 amide bonds. The molecule has 1 fully saturated rings. The molecule has 1 aromatic carbocycles. The zero-order chi connectivity index (χ0) is 13.8. The molecule has 0 bridgehead atoms. The fourth-order valence-electron chi connectivity index (χ4n) is 2.28. The summed E-state index contributed by atoms with van der Waals surface area (Å²) < 4.78 is 0. The zero-order valence-corrected chi connectivity index (χ0v) is 11.8. The standard InChI is InChI=1S/C14H19ClN2O2/c1-10(9-17-7-3-6-13(17)18)16-8-11-4-2-5-12(15)14(11)19/h2,4-5,10,16,19H,3,6-9H2,1H3. The van der Waals surface area contributed by atoms with Gasteiger partial charge in [-0.25, -0.2) is 0 Å². The van der Waals surface area contributed by atoms with Crippen LogP contribution < -0.4 is 5.32 Å². The first-order valence-corrected chi connectivity index (χ1v) is 6.93. The Morgan fingerprint density at radius 3 is 3.00 bits per heavy atom. The molecule has 1 aliphatic heterocycles. The predicted octanol–water partition coefficient (Wildman–Crippen LogP) is 2.15. The van der Waals surface area contributed by atoms with Gasteiger partial charge in [-0.3, -0.25) is 4.79 Å². The van der Waals surface area contributed by atoms with E-state index >= 15 is 0 Å². The van der Waals surface area contributed by atoms with Crippen LogP contribution in [0.3, 0.4) is 0 Å². The molecule has 1 aliphatic rings. The van der Waals surface area contributed by atoms with E-state index in [0.717, 1.165) is 18.5 Å². The minimum absolute atomic E-state index is 0.126. The van der Waals surface area contributed by atoms with Crippen molar-refractivity contribution < 1.29 is 9.90 Å². The number of halogens is 1. The summed E-state index contributed by atoms with van der Waals surface area (Å²) in [6.07, 6.45) is 1.63. The third kappa shape index (κ3) is 3.61. The first kappa shape index (κ1) is 14.2. The lowest BCUT2D eigenvalue weighted by Gasteiger charge is -2.22. The monoisotopic (exact) mass is 282 g/mol. The third-order valence-corrected chi connectivity index (χ3v) is 3.68. The van der Waals surface area contributed by atoms with Gasteiger partial charge in [0.15, 0.2) is 0 Å². The number of carbonyl (C=O) groups excluding carboxylic acids is 1. The molecule has 2 rings (SSSR count). The molecular weight excluding hydrogens is 264 g/mol. The minimum Gasteiger partial charge on any atom is -0.506 e. The van der Waals surface area contributed by atoms with E-state index in [4.69, 9.17) is 11.6 Å². The van der Waals surface area contributed by atoms with Crippen molar-refractivity contribution in [2.45, 2.75) is 32.4 Å². The summed E-state index contributed by atoms with van der Waals surface area (Å²) in [4.78, 5) is 13.4. The number of carbonyl (C=O) groups is 1.